The van der Waals surface area contributed by atoms with Gasteiger partial charge in [0.25, 0.3) is 5.91 Å². The highest BCUT2D eigenvalue weighted by molar-refractivity contribution is 7.12. The Morgan fingerprint density at radius 1 is 1.24 bits per heavy atom. The first kappa shape index (κ1) is 14.3. The first-order chi connectivity index (χ1) is 10.1. The van der Waals surface area contributed by atoms with Crippen LogP contribution in [0.4, 0.5) is 0 Å². The van der Waals surface area contributed by atoms with E-state index >= 15 is 0 Å². The molecule has 21 heavy (non-hydrogen) atoms. The molecule has 2 heterocycles. The number of nitrogens with zero attached hydrogens (tertiary/aromatic N) is 1. The van der Waals surface area contributed by atoms with Crippen LogP contribution in [0.25, 0.3) is 0 Å². The number of hydrogen-bond donors (Lipinski definition) is 1. The van der Waals surface area contributed by atoms with Crippen LogP contribution in [-0.2, 0) is 0 Å². The zero-order chi connectivity index (χ0) is 14.9. The van der Waals surface area contributed by atoms with Gasteiger partial charge in [0.15, 0.2) is 0 Å². The van der Waals surface area contributed by atoms with Crippen LogP contribution in [0, 0.1) is 0 Å². The van der Waals surface area contributed by atoms with Gasteiger partial charge in [-0.05, 0) is 30.9 Å². The molecule has 3 rings (SSSR count). The maximum absolute atomic E-state index is 12.8. The van der Waals surface area contributed by atoms with E-state index in [4.69, 9.17) is 0 Å². The fourth-order valence-electron chi connectivity index (χ4n) is 2.76. The van der Waals surface area contributed by atoms with E-state index in [-0.39, 0.29) is 17.5 Å². The monoisotopic (exact) mass is 300 g/mol. The molecule has 1 aliphatic rings. The van der Waals surface area contributed by atoms with Crippen LogP contribution in [0.1, 0.15) is 35.1 Å². The number of hydrogen-bond acceptors (Lipinski definition) is 3. The molecule has 1 atom stereocenters. The van der Waals surface area contributed by atoms with E-state index in [1.165, 1.54) is 16.9 Å². The van der Waals surface area contributed by atoms with Crippen molar-refractivity contribution in [3.8, 4) is 0 Å². The van der Waals surface area contributed by atoms with Crippen LogP contribution in [0.5, 0.6) is 0 Å². The van der Waals surface area contributed by atoms with Gasteiger partial charge in [0, 0.05) is 19.1 Å². The molecule has 0 saturated carbocycles. The molecule has 1 aromatic heterocycles. The number of rotatable bonds is 2. The molecular formula is C17H20N2OS. The highest BCUT2D eigenvalue weighted by atomic mass is 32.1. The minimum absolute atomic E-state index is 0.137. The second kappa shape index (κ2) is 5.62. The standard InChI is InChI=1S/C17H20N2OS/c1-17(2)12-18-14(13-7-4-3-5-8-13)11-19(17)16(20)15-9-6-10-21-15/h3-10,14,18H,11-12H2,1-2H3. The van der Waals surface area contributed by atoms with Crippen LogP contribution in [-0.4, -0.2) is 29.4 Å². The lowest BCUT2D eigenvalue weighted by Crippen LogP contribution is -2.60. The molecule has 0 bridgehead atoms. The van der Waals surface area contributed by atoms with E-state index in [2.05, 4.69) is 31.3 Å². The van der Waals surface area contributed by atoms with E-state index < -0.39 is 0 Å². The molecule has 1 amide bonds. The zero-order valence-corrected chi connectivity index (χ0v) is 13.2. The highest BCUT2D eigenvalue weighted by Gasteiger charge is 2.38. The fraction of sp³-hybridized carbons (Fsp3) is 0.353. The second-order valence-electron chi connectivity index (χ2n) is 6.05. The van der Waals surface area contributed by atoms with Gasteiger partial charge in [-0.15, -0.1) is 11.3 Å². The summed E-state index contributed by atoms with van der Waals surface area (Å²) in [4.78, 5) is 15.6. The lowest BCUT2D eigenvalue weighted by atomic mass is 9.94. The van der Waals surface area contributed by atoms with Crippen molar-refractivity contribution in [2.45, 2.75) is 25.4 Å². The minimum Gasteiger partial charge on any atom is -0.330 e. The van der Waals surface area contributed by atoms with Crippen molar-refractivity contribution in [1.82, 2.24) is 10.2 Å². The molecule has 4 heteroatoms. The smallest absolute Gasteiger partial charge is 0.264 e. The van der Waals surface area contributed by atoms with Crippen LogP contribution < -0.4 is 5.32 Å². The van der Waals surface area contributed by atoms with Gasteiger partial charge < -0.3 is 10.2 Å². The Morgan fingerprint density at radius 3 is 2.67 bits per heavy atom. The highest BCUT2D eigenvalue weighted by Crippen LogP contribution is 2.28. The van der Waals surface area contributed by atoms with Gasteiger partial charge in [0.2, 0.25) is 0 Å². The molecule has 1 aliphatic heterocycles. The molecule has 0 aliphatic carbocycles. The molecule has 1 saturated heterocycles. The first-order valence-electron chi connectivity index (χ1n) is 7.22. The van der Waals surface area contributed by atoms with Crippen LogP contribution in [0.3, 0.4) is 0 Å². The summed E-state index contributed by atoms with van der Waals surface area (Å²) in [6, 6.07) is 14.4. The Morgan fingerprint density at radius 2 is 2.00 bits per heavy atom. The van der Waals surface area contributed by atoms with E-state index in [0.29, 0.717) is 6.54 Å². The van der Waals surface area contributed by atoms with Gasteiger partial charge in [0.1, 0.15) is 0 Å². The molecule has 1 unspecified atom stereocenters. The normalized spacial score (nSPS) is 21.2. The van der Waals surface area contributed by atoms with Gasteiger partial charge >= 0.3 is 0 Å². The lowest BCUT2D eigenvalue weighted by molar-refractivity contribution is 0.0400. The maximum Gasteiger partial charge on any atom is 0.264 e. The third-order valence-electron chi connectivity index (χ3n) is 4.06. The Kier molecular flexibility index (Phi) is 3.83. The maximum atomic E-state index is 12.8. The first-order valence-corrected chi connectivity index (χ1v) is 8.10. The van der Waals surface area contributed by atoms with Gasteiger partial charge in [-0.3, -0.25) is 4.79 Å². The molecule has 110 valence electrons. The molecule has 2 aromatic rings. The average Bonchev–Trinajstić information content (AvgIpc) is 3.01. The Labute approximate surface area is 129 Å². The van der Waals surface area contributed by atoms with Crippen LogP contribution >= 0.6 is 11.3 Å². The summed E-state index contributed by atoms with van der Waals surface area (Å²) < 4.78 is 0. The number of carbonyl (C=O) groups is 1. The van der Waals surface area contributed by atoms with Gasteiger partial charge in [-0.2, -0.15) is 0 Å². The summed E-state index contributed by atoms with van der Waals surface area (Å²) in [5, 5.41) is 5.52. The second-order valence-corrected chi connectivity index (χ2v) is 7.00. The summed E-state index contributed by atoms with van der Waals surface area (Å²) in [7, 11) is 0. The summed E-state index contributed by atoms with van der Waals surface area (Å²) in [6.45, 7) is 5.73. The molecule has 0 spiro atoms. The predicted molar refractivity (Wildman–Crippen MR) is 86.6 cm³/mol. The van der Waals surface area contributed by atoms with Crippen molar-refractivity contribution in [3.05, 3.63) is 58.3 Å². The van der Waals surface area contributed by atoms with Crippen molar-refractivity contribution in [1.29, 1.82) is 0 Å². The van der Waals surface area contributed by atoms with Crippen molar-refractivity contribution >= 4 is 17.2 Å². The fourth-order valence-corrected chi connectivity index (χ4v) is 3.43. The largest absolute Gasteiger partial charge is 0.330 e. The summed E-state index contributed by atoms with van der Waals surface area (Å²) in [6.07, 6.45) is 0. The van der Waals surface area contributed by atoms with E-state index in [0.717, 1.165) is 11.4 Å². The minimum atomic E-state index is -0.174. The van der Waals surface area contributed by atoms with Gasteiger partial charge in [-0.25, -0.2) is 0 Å². The van der Waals surface area contributed by atoms with Gasteiger partial charge in [-0.1, -0.05) is 36.4 Å². The van der Waals surface area contributed by atoms with Crippen molar-refractivity contribution in [2.24, 2.45) is 0 Å². The lowest BCUT2D eigenvalue weighted by Gasteiger charge is -2.46. The predicted octanol–water partition coefficient (Wildman–Crippen LogP) is 3.31. The Bertz CT molecular complexity index is 607. The van der Waals surface area contributed by atoms with Crippen molar-refractivity contribution in [3.63, 3.8) is 0 Å². The zero-order valence-electron chi connectivity index (χ0n) is 12.4. The molecule has 3 nitrogen and oxygen atoms in total. The number of thiophene rings is 1. The molecule has 1 aromatic carbocycles. The number of nitrogens with one attached hydrogen (secondary N) is 1. The Hall–Kier alpha value is -1.65. The third-order valence-corrected chi connectivity index (χ3v) is 4.91. The van der Waals surface area contributed by atoms with E-state index in [9.17, 15) is 4.79 Å². The molecule has 1 fully saturated rings. The molecular weight excluding hydrogens is 280 g/mol. The third kappa shape index (κ3) is 2.87. The summed E-state index contributed by atoms with van der Waals surface area (Å²) in [5.74, 6) is 0.137. The van der Waals surface area contributed by atoms with Crippen LogP contribution in [0.15, 0.2) is 47.8 Å². The van der Waals surface area contributed by atoms with Crippen molar-refractivity contribution in [2.75, 3.05) is 13.1 Å². The Balaban J connectivity index is 1.85. The van der Waals surface area contributed by atoms with E-state index in [1.807, 2.05) is 40.6 Å². The van der Waals surface area contributed by atoms with Crippen molar-refractivity contribution < 1.29 is 4.79 Å². The molecule has 1 N–H and O–H groups in total. The topological polar surface area (TPSA) is 32.3 Å². The number of amides is 1. The van der Waals surface area contributed by atoms with Gasteiger partial charge in [0.05, 0.1) is 10.4 Å². The number of benzene rings is 1. The number of piperazine rings is 1. The van der Waals surface area contributed by atoms with E-state index in [1.54, 1.807) is 0 Å². The molecule has 0 radical (unpaired) electrons. The summed E-state index contributed by atoms with van der Waals surface area (Å²) >= 11 is 1.51. The quantitative estimate of drug-likeness (QED) is 0.923. The SMILES string of the molecule is CC1(C)CNC(c2ccccc2)CN1C(=O)c1cccs1. The number of carbonyl (C=O) groups excluding carboxylic acids is 1. The van der Waals surface area contributed by atoms with Crippen LogP contribution in [0.2, 0.25) is 0 Å². The average molecular weight is 300 g/mol. The summed E-state index contributed by atoms with van der Waals surface area (Å²) in [5.41, 5.74) is 1.06.